The van der Waals surface area contributed by atoms with Gasteiger partial charge in [-0.3, -0.25) is 10.1 Å². The molecule has 1 aromatic heterocycles. The largest absolute Gasteiger partial charge is 0.508 e. The molecule has 0 unspecified atom stereocenters. The Morgan fingerprint density at radius 3 is 2.54 bits per heavy atom. The minimum absolute atomic E-state index is 0.00919. The van der Waals surface area contributed by atoms with Gasteiger partial charge in [-0.2, -0.15) is 0 Å². The van der Waals surface area contributed by atoms with E-state index in [2.05, 4.69) is 0 Å². The summed E-state index contributed by atoms with van der Waals surface area (Å²) in [6.07, 6.45) is 1.79. The van der Waals surface area contributed by atoms with Crippen LogP contribution in [0.5, 0.6) is 5.75 Å². The quantitative estimate of drug-likeness (QED) is 0.379. The molecule has 28 heavy (non-hydrogen) atoms. The van der Waals surface area contributed by atoms with Gasteiger partial charge in [-0.15, -0.1) is 0 Å². The van der Waals surface area contributed by atoms with Gasteiger partial charge in [0, 0.05) is 29.7 Å². The normalized spacial score (nSPS) is 10.6. The second kappa shape index (κ2) is 7.96. The molecule has 3 rings (SSSR count). The number of esters is 1. The summed E-state index contributed by atoms with van der Waals surface area (Å²) in [6, 6.07) is 11.0. The molecule has 0 fully saturated rings. The third-order valence-corrected chi connectivity index (χ3v) is 4.48. The van der Waals surface area contributed by atoms with Crippen molar-refractivity contribution < 1.29 is 24.0 Å². The first kappa shape index (κ1) is 19.2. The van der Waals surface area contributed by atoms with Gasteiger partial charge < -0.3 is 14.3 Å². The molecule has 0 radical (unpaired) electrons. The number of hydrogen-bond acceptors (Lipinski definition) is 6. The van der Waals surface area contributed by atoms with Crippen LogP contribution in [-0.2, 0) is 11.2 Å². The van der Waals surface area contributed by atoms with Gasteiger partial charge in [0.1, 0.15) is 11.5 Å². The van der Waals surface area contributed by atoms with Gasteiger partial charge in [0.15, 0.2) is 0 Å². The van der Waals surface area contributed by atoms with Crippen LogP contribution < -0.4 is 0 Å². The number of carbonyl (C=O) groups is 1. The Morgan fingerprint density at radius 1 is 1.25 bits per heavy atom. The molecule has 0 bridgehead atoms. The van der Waals surface area contributed by atoms with Crippen LogP contribution >= 0.6 is 0 Å². The first-order valence-electron chi connectivity index (χ1n) is 8.72. The fraction of sp³-hybridized carbons (Fsp3) is 0.190. The summed E-state index contributed by atoms with van der Waals surface area (Å²) in [5.41, 5.74) is 2.66. The van der Waals surface area contributed by atoms with Crippen LogP contribution in [0.2, 0.25) is 0 Å². The number of rotatable bonds is 6. The van der Waals surface area contributed by atoms with Crippen LogP contribution in [0.3, 0.4) is 0 Å². The molecule has 3 aromatic rings. The van der Waals surface area contributed by atoms with E-state index in [-0.39, 0.29) is 18.0 Å². The molecule has 1 N–H and O–H groups in total. The number of non-ortho nitro benzene ring substituents is 1. The lowest BCUT2D eigenvalue weighted by Gasteiger charge is -2.16. The Labute approximate surface area is 161 Å². The lowest BCUT2D eigenvalue weighted by atomic mass is 9.91. The number of ether oxygens (including phenoxy) is 1. The molecular weight excluding hydrogens is 362 g/mol. The van der Waals surface area contributed by atoms with Crippen LogP contribution in [0.1, 0.15) is 34.0 Å². The second-order valence-electron chi connectivity index (χ2n) is 6.22. The maximum absolute atomic E-state index is 12.6. The Balaban J connectivity index is 2.08. The van der Waals surface area contributed by atoms with Crippen molar-refractivity contribution in [2.45, 2.75) is 20.3 Å². The van der Waals surface area contributed by atoms with E-state index in [0.717, 1.165) is 5.56 Å². The molecule has 0 aliphatic heterocycles. The molecule has 2 aromatic carbocycles. The number of hydrogen-bond donors (Lipinski definition) is 1. The molecule has 0 aliphatic carbocycles. The second-order valence-corrected chi connectivity index (χ2v) is 6.22. The van der Waals surface area contributed by atoms with Gasteiger partial charge >= 0.3 is 5.97 Å². The Kier molecular flexibility index (Phi) is 5.44. The lowest BCUT2D eigenvalue weighted by Crippen LogP contribution is -2.11. The molecule has 1 heterocycles. The minimum Gasteiger partial charge on any atom is -0.508 e. The van der Waals surface area contributed by atoms with Crippen LogP contribution in [0.15, 0.2) is 53.1 Å². The molecule has 0 aliphatic rings. The highest BCUT2D eigenvalue weighted by Gasteiger charge is 2.23. The monoisotopic (exact) mass is 381 g/mol. The first-order chi connectivity index (χ1) is 13.4. The van der Waals surface area contributed by atoms with E-state index in [1.54, 1.807) is 38.1 Å². The maximum Gasteiger partial charge on any atom is 0.339 e. The van der Waals surface area contributed by atoms with Crippen molar-refractivity contribution in [3.8, 4) is 17.1 Å². The Bertz CT molecular complexity index is 1010. The molecule has 0 spiro atoms. The highest BCUT2D eigenvalue weighted by Crippen LogP contribution is 2.36. The number of nitro benzene ring substituents is 1. The summed E-state index contributed by atoms with van der Waals surface area (Å²) in [5, 5.41) is 21.4. The van der Waals surface area contributed by atoms with Crippen molar-refractivity contribution in [2.75, 3.05) is 6.61 Å². The number of phenols is 1. The number of furan rings is 1. The zero-order valence-electron chi connectivity index (χ0n) is 15.5. The van der Waals surface area contributed by atoms with Crippen LogP contribution in [0, 0.1) is 17.0 Å². The fourth-order valence-corrected chi connectivity index (χ4v) is 3.10. The number of carbonyl (C=O) groups excluding carboxylic acids is 1. The van der Waals surface area contributed by atoms with Crippen LogP contribution in [-0.4, -0.2) is 22.6 Å². The number of benzene rings is 2. The lowest BCUT2D eigenvalue weighted by molar-refractivity contribution is -0.384. The Morgan fingerprint density at radius 2 is 1.96 bits per heavy atom. The average molecular weight is 381 g/mol. The Hall–Kier alpha value is -3.61. The van der Waals surface area contributed by atoms with E-state index in [1.807, 2.05) is 0 Å². The van der Waals surface area contributed by atoms with Gasteiger partial charge in [0.05, 0.1) is 23.4 Å². The molecular formula is C21H19NO6. The number of aromatic hydroxyl groups is 1. The third-order valence-electron chi connectivity index (χ3n) is 4.48. The van der Waals surface area contributed by atoms with Crippen molar-refractivity contribution in [3.63, 3.8) is 0 Å². The first-order valence-corrected chi connectivity index (χ1v) is 8.72. The van der Waals surface area contributed by atoms with E-state index in [0.29, 0.717) is 34.4 Å². The summed E-state index contributed by atoms with van der Waals surface area (Å²) in [4.78, 5) is 22.9. The fourth-order valence-electron chi connectivity index (χ4n) is 3.10. The SMILES string of the molecule is CCOC(=O)c1c(-c2ccco2)cc(O)c(Cc2ccc([N+](=O)[O-])cc2)c1C. The van der Waals surface area contributed by atoms with Gasteiger partial charge in [0.2, 0.25) is 0 Å². The zero-order chi connectivity index (χ0) is 20.3. The maximum atomic E-state index is 12.6. The number of nitro groups is 1. The summed E-state index contributed by atoms with van der Waals surface area (Å²) < 4.78 is 10.6. The number of nitrogens with zero attached hydrogens (tertiary/aromatic N) is 1. The standard InChI is InChI=1S/C21H19NO6/c1-3-27-21(24)20-13(2)16(11-14-6-8-15(9-7-14)22(25)26)18(23)12-17(20)19-5-4-10-28-19/h4-10,12,23H,3,11H2,1-2H3. The molecule has 0 amide bonds. The highest BCUT2D eigenvalue weighted by atomic mass is 16.6. The molecule has 0 saturated heterocycles. The van der Waals surface area contributed by atoms with Crippen LogP contribution in [0.4, 0.5) is 5.69 Å². The van der Waals surface area contributed by atoms with E-state index < -0.39 is 10.9 Å². The third kappa shape index (κ3) is 3.73. The van der Waals surface area contributed by atoms with E-state index in [4.69, 9.17) is 9.15 Å². The zero-order valence-corrected chi connectivity index (χ0v) is 15.5. The van der Waals surface area contributed by atoms with Crippen LogP contribution in [0.25, 0.3) is 11.3 Å². The minimum atomic E-state index is -0.503. The van der Waals surface area contributed by atoms with Gasteiger partial charge in [-0.25, -0.2) is 4.79 Å². The average Bonchev–Trinajstić information content (AvgIpc) is 3.19. The highest BCUT2D eigenvalue weighted by molar-refractivity contribution is 5.99. The summed E-state index contributed by atoms with van der Waals surface area (Å²) >= 11 is 0. The summed E-state index contributed by atoms with van der Waals surface area (Å²) in [6.45, 7) is 3.67. The molecule has 0 saturated carbocycles. The summed E-state index contributed by atoms with van der Waals surface area (Å²) in [5.74, 6) is -0.0463. The van der Waals surface area contributed by atoms with Crippen molar-refractivity contribution in [1.82, 2.24) is 0 Å². The van der Waals surface area contributed by atoms with Crippen molar-refractivity contribution >= 4 is 11.7 Å². The van der Waals surface area contributed by atoms with Gasteiger partial charge in [-0.05, 0) is 43.2 Å². The molecule has 7 nitrogen and oxygen atoms in total. The molecule has 7 heteroatoms. The van der Waals surface area contributed by atoms with Crippen molar-refractivity contribution in [3.05, 3.63) is 81.1 Å². The van der Waals surface area contributed by atoms with Gasteiger partial charge in [0.25, 0.3) is 5.69 Å². The topological polar surface area (TPSA) is 103 Å². The van der Waals surface area contributed by atoms with Gasteiger partial charge in [-0.1, -0.05) is 12.1 Å². The number of phenolic OH excluding ortho intramolecular Hbond substituents is 1. The predicted octanol–water partition coefficient (Wildman–Crippen LogP) is 4.64. The predicted molar refractivity (Wildman–Crippen MR) is 102 cm³/mol. The smallest absolute Gasteiger partial charge is 0.339 e. The summed E-state index contributed by atoms with van der Waals surface area (Å²) in [7, 11) is 0. The van der Waals surface area contributed by atoms with E-state index in [1.165, 1.54) is 24.5 Å². The van der Waals surface area contributed by atoms with E-state index >= 15 is 0 Å². The van der Waals surface area contributed by atoms with Crippen molar-refractivity contribution in [1.29, 1.82) is 0 Å². The molecule has 0 atom stereocenters. The van der Waals surface area contributed by atoms with E-state index in [9.17, 15) is 20.0 Å². The van der Waals surface area contributed by atoms with Crippen molar-refractivity contribution in [2.24, 2.45) is 0 Å². The molecule has 144 valence electrons.